The van der Waals surface area contributed by atoms with Gasteiger partial charge in [0.1, 0.15) is 0 Å². The molecule has 5 heteroatoms. The van der Waals surface area contributed by atoms with Crippen molar-refractivity contribution in [2.45, 2.75) is 6.61 Å². The summed E-state index contributed by atoms with van der Waals surface area (Å²) in [5.74, 6) is 0. The molecule has 0 aromatic heterocycles. The van der Waals surface area contributed by atoms with Crippen molar-refractivity contribution in [2.75, 3.05) is 6.26 Å². The van der Waals surface area contributed by atoms with E-state index in [2.05, 4.69) is 20.1 Å². The Morgan fingerprint density at radius 1 is 1.38 bits per heavy atom. The maximum Gasteiger partial charge on any atom is 0.264 e. The molecule has 0 amide bonds. The zero-order chi connectivity index (χ0) is 9.90. The first-order valence-electron chi connectivity index (χ1n) is 3.57. The first-order valence-corrected chi connectivity index (χ1v) is 6.18. The van der Waals surface area contributed by atoms with Gasteiger partial charge in [-0.1, -0.05) is 34.1 Å². The highest BCUT2D eigenvalue weighted by molar-refractivity contribution is 9.10. The van der Waals surface area contributed by atoms with Crippen LogP contribution in [0.15, 0.2) is 28.7 Å². The highest BCUT2D eigenvalue weighted by Crippen LogP contribution is 2.16. The van der Waals surface area contributed by atoms with Crippen molar-refractivity contribution in [1.29, 1.82) is 0 Å². The van der Waals surface area contributed by atoms with Crippen LogP contribution in [0.5, 0.6) is 0 Å². The monoisotopic (exact) mass is 264 g/mol. The Bertz CT molecular complexity index is 386. The average molecular weight is 265 g/mol. The highest BCUT2D eigenvalue weighted by atomic mass is 79.9. The largest absolute Gasteiger partial charge is 0.265 e. The molecule has 0 aliphatic carbocycles. The average Bonchev–Trinajstić information content (AvgIpc) is 2.01. The molecule has 0 saturated heterocycles. The number of rotatable bonds is 3. The zero-order valence-electron chi connectivity index (χ0n) is 7.03. The Labute approximate surface area is 86.0 Å². The maximum atomic E-state index is 10.7. The van der Waals surface area contributed by atoms with E-state index in [1.165, 1.54) is 0 Å². The van der Waals surface area contributed by atoms with Gasteiger partial charge in [-0.25, -0.2) is 0 Å². The van der Waals surface area contributed by atoms with Crippen molar-refractivity contribution >= 4 is 26.0 Å². The van der Waals surface area contributed by atoms with Gasteiger partial charge in [-0.15, -0.1) is 0 Å². The second-order valence-corrected chi connectivity index (χ2v) is 5.06. The predicted molar refractivity (Wildman–Crippen MR) is 53.8 cm³/mol. The summed E-state index contributed by atoms with van der Waals surface area (Å²) in [7, 11) is -3.36. The van der Waals surface area contributed by atoms with E-state index in [0.717, 1.165) is 16.3 Å². The zero-order valence-corrected chi connectivity index (χ0v) is 9.43. The lowest BCUT2D eigenvalue weighted by molar-refractivity contribution is 0.311. The van der Waals surface area contributed by atoms with Gasteiger partial charge >= 0.3 is 0 Å². The molecule has 1 rings (SSSR count). The summed E-state index contributed by atoms with van der Waals surface area (Å²) < 4.78 is 26.8. The van der Waals surface area contributed by atoms with Gasteiger partial charge < -0.3 is 0 Å². The molecule has 0 N–H and O–H groups in total. The lowest BCUT2D eigenvalue weighted by atomic mass is 10.2. The van der Waals surface area contributed by atoms with Crippen molar-refractivity contribution in [2.24, 2.45) is 0 Å². The van der Waals surface area contributed by atoms with Crippen molar-refractivity contribution in [3.8, 4) is 0 Å². The van der Waals surface area contributed by atoms with Crippen LogP contribution < -0.4 is 0 Å². The summed E-state index contributed by atoms with van der Waals surface area (Å²) in [5.41, 5.74) is 0.813. The first-order chi connectivity index (χ1) is 5.99. The highest BCUT2D eigenvalue weighted by Gasteiger charge is 2.04. The third-order valence-corrected chi connectivity index (χ3v) is 2.71. The molecule has 1 aromatic carbocycles. The van der Waals surface area contributed by atoms with Gasteiger partial charge in [0.05, 0.1) is 12.9 Å². The second kappa shape index (κ2) is 4.21. The molecule has 72 valence electrons. The molecule has 0 heterocycles. The van der Waals surface area contributed by atoms with E-state index in [1.807, 2.05) is 18.2 Å². The predicted octanol–water partition coefficient (Wildman–Crippen LogP) is 1.93. The molecule has 0 spiro atoms. The van der Waals surface area contributed by atoms with Crippen molar-refractivity contribution < 1.29 is 12.6 Å². The van der Waals surface area contributed by atoms with Crippen LogP contribution in [0.2, 0.25) is 0 Å². The van der Waals surface area contributed by atoms with Gasteiger partial charge in [0.15, 0.2) is 0 Å². The maximum absolute atomic E-state index is 10.7. The van der Waals surface area contributed by atoms with E-state index in [1.54, 1.807) is 6.07 Å². The molecule has 0 bridgehead atoms. The molecule has 0 aliphatic heterocycles. The first kappa shape index (κ1) is 10.7. The summed E-state index contributed by atoms with van der Waals surface area (Å²) >= 11 is 3.29. The van der Waals surface area contributed by atoms with Crippen LogP contribution >= 0.6 is 15.9 Å². The summed E-state index contributed by atoms with van der Waals surface area (Å²) in [6.07, 6.45) is 1.03. The van der Waals surface area contributed by atoms with Crippen molar-refractivity contribution in [3.05, 3.63) is 34.3 Å². The lowest BCUT2D eigenvalue weighted by Gasteiger charge is -2.03. The van der Waals surface area contributed by atoms with Gasteiger partial charge in [-0.05, 0) is 11.6 Å². The fraction of sp³-hybridized carbons (Fsp3) is 0.250. The van der Waals surface area contributed by atoms with Crippen LogP contribution in [0, 0.1) is 0 Å². The topological polar surface area (TPSA) is 43.4 Å². The molecule has 0 aliphatic rings. The molecule has 0 unspecified atom stereocenters. The van der Waals surface area contributed by atoms with Crippen LogP contribution in [-0.4, -0.2) is 14.7 Å². The molecule has 3 nitrogen and oxygen atoms in total. The standard InChI is InChI=1S/C8H9BrO3S/c1-13(10,11)12-6-7-4-2-3-5-8(7)9/h2-5H,6H2,1H3. The van der Waals surface area contributed by atoms with Crippen LogP contribution in [0.25, 0.3) is 0 Å². The summed E-state index contributed by atoms with van der Waals surface area (Å²) in [5, 5.41) is 0. The molecule has 0 fully saturated rings. The Morgan fingerprint density at radius 3 is 2.54 bits per heavy atom. The van der Waals surface area contributed by atoms with E-state index in [4.69, 9.17) is 0 Å². The second-order valence-electron chi connectivity index (χ2n) is 2.56. The third-order valence-electron chi connectivity index (χ3n) is 1.39. The van der Waals surface area contributed by atoms with Crippen LogP contribution in [0.4, 0.5) is 0 Å². The Morgan fingerprint density at radius 2 is 2.00 bits per heavy atom. The van der Waals surface area contributed by atoms with E-state index in [0.29, 0.717) is 0 Å². The molecule has 13 heavy (non-hydrogen) atoms. The van der Waals surface area contributed by atoms with E-state index >= 15 is 0 Å². The number of benzene rings is 1. The van der Waals surface area contributed by atoms with Crippen molar-refractivity contribution in [1.82, 2.24) is 0 Å². The SMILES string of the molecule is CS(=O)(=O)OCc1ccccc1Br. The normalized spacial score (nSPS) is 11.5. The molecule has 0 atom stereocenters. The minimum absolute atomic E-state index is 0.0697. The summed E-state index contributed by atoms with van der Waals surface area (Å²) in [4.78, 5) is 0. The number of halogens is 1. The number of hydrogen-bond acceptors (Lipinski definition) is 3. The van der Waals surface area contributed by atoms with E-state index in [9.17, 15) is 8.42 Å². The van der Waals surface area contributed by atoms with Gasteiger partial charge in [-0.2, -0.15) is 8.42 Å². The fourth-order valence-corrected chi connectivity index (χ4v) is 1.53. The molecular weight excluding hydrogens is 256 g/mol. The van der Waals surface area contributed by atoms with Gasteiger partial charge in [0.25, 0.3) is 10.1 Å². The van der Waals surface area contributed by atoms with E-state index < -0.39 is 10.1 Å². The molecular formula is C8H9BrO3S. The Hall–Kier alpha value is -0.390. The smallest absolute Gasteiger partial charge is 0.264 e. The quantitative estimate of drug-likeness (QED) is 0.784. The lowest BCUT2D eigenvalue weighted by Crippen LogP contribution is -2.02. The van der Waals surface area contributed by atoms with Crippen LogP contribution in [0.1, 0.15) is 5.56 Å². The molecule has 1 aromatic rings. The van der Waals surface area contributed by atoms with Crippen molar-refractivity contribution in [3.63, 3.8) is 0 Å². The third kappa shape index (κ3) is 3.89. The van der Waals surface area contributed by atoms with Gasteiger partial charge in [0.2, 0.25) is 0 Å². The van der Waals surface area contributed by atoms with Gasteiger partial charge in [0, 0.05) is 4.47 Å². The Balaban J connectivity index is 2.71. The molecule has 0 saturated carbocycles. The summed E-state index contributed by atoms with van der Waals surface area (Å²) in [6.45, 7) is 0.0697. The fourth-order valence-electron chi connectivity index (χ4n) is 0.786. The Kier molecular flexibility index (Phi) is 3.47. The minimum Gasteiger partial charge on any atom is -0.265 e. The minimum atomic E-state index is -3.36. The van der Waals surface area contributed by atoms with Gasteiger partial charge in [-0.3, -0.25) is 4.18 Å². The van der Waals surface area contributed by atoms with Crippen LogP contribution in [-0.2, 0) is 20.9 Å². The summed E-state index contributed by atoms with van der Waals surface area (Å²) in [6, 6.07) is 7.32. The number of hydrogen-bond donors (Lipinski definition) is 0. The van der Waals surface area contributed by atoms with Crippen LogP contribution in [0.3, 0.4) is 0 Å². The van der Waals surface area contributed by atoms with E-state index in [-0.39, 0.29) is 6.61 Å². The molecule has 0 radical (unpaired) electrons.